The molecule has 0 aliphatic rings. The van der Waals surface area contributed by atoms with E-state index in [0.717, 1.165) is 16.7 Å². The molecule has 2 aromatic carbocycles. The first-order valence-corrected chi connectivity index (χ1v) is 6.97. The van der Waals surface area contributed by atoms with Crippen LogP contribution in [0.25, 0.3) is 22.6 Å². The fourth-order valence-corrected chi connectivity index (χ4v) is 2.32. The first kappa shape index (κ1) is 14.2. The van der Waals surface area contributed by atoms with Crippen molar-refractivity contribution in [1.29, 1.82) is 10.8 Å². The number of hydrogen-bond donors (Lipinski definition) is 2. The van der Waals surface area contributed by atoms with Gasteiger partial charge in [0.25, 0.3) is 0 Å². The van der Waals surface area contributed by atoms with E-state index < -0.39 is 0 Å². The van der Waals surface area contributed by atoms with Crippen LogP contribution in [-0.2, 0) is 0 Å². The molecule has 0 bridgehead atoms. The molecule has 108 valence electrons. The molecule has 4 nitrogen and oxygen atoms in total. The van der Waals surface area contributed by atoms with Crippen LogP contribution in [0, 0.1) is 10.8 Å². The third-order valence-corrected chi connectivity index (χ3v) is 3.64. The van der Waals surface area contributed by atoms with Crippen LogP contribution in [0.1, 0.15) is 11.1 Å². The predicted octanol–water partition coefficient (Wildman–Crippen LogP) is 4.66. The van der Waals surface area contributed by atoms with E-state index in [1.165, 1.54) is 12.4 Å². The minimum Gasteiger partial charge on any atom is -0.356 e. The lowest BCUT2D eigenvalue weighted by atomic mass is 10.1. The zero-order chi connectivity index (χ0) is 15.5. The summed E-state index contributed by atoms with van der Waals surface area (Å²) >= 11 is 6.19. The van der Waals surface area contributed by atoms with Crippen molar-refractivity contribution in [3.8, 4) is 22.6 Å². The number of halogens is 1. The molecule has 0 aliphatic carbocycles. The van der Waals surface area contributed by atoms with Crippen LogP contribution in [0.3, 0.4) is 0 Å². The first-order valence-electron chi connectivity index (χ1n) is 6.59. The predicted molar refractivity (Wildman–Crippen MR) is 88.2 cm³/mol. The lowest BCUT2D eigenvalue weighted by Crippen LogP contribution is -1.83. The fraction of sp³-hybridized carbons (Fsp3) is 0. The third-order valence-electron chi connectivity index (χ3n) is 3.31. The lowest BCUT2D eigenvalue weighted by molar-refractivity contribution is 0.435. The Balaban J connectivity index is 1.99. The van der Waals surface area contributed by atoms with Crippen molar-refractivity contribution in [2.75, 3.05) is 0 Å². The van der Waals surface area contributed by atoms with Crippen LogP contribution < -0.4 is 0 Å². The van der Waals surface area contributed by atoms with Gasteiger partial charge in [-0.1, -0.05) is 47.1 Å². The molecule has 2 N–H and O–H groups in total. The van der Waals surface area contributed by atoms with Crippen molar-refractivity contribution in [2.24, 2.45) is 0 Å². The Morgan fingerprint density at radius 2 is 1.59 bits per heavy atom. The van der Waals surface area contributed by atoms with Crippen molar-refractivity contribution in [2.45, 2.75) is 0 Å². The maximum Gasteiger partial charge on any atom is 0.169 e. The third kappa shape index (κ3) is 2.69. The van der Waals surface area contributed by atoms with Gasteiger partial charge in [0.2, 0.25) is 0 Å². The van der Waals surface area contributed by atoms with E-state index in [0.29, 0.717) is 22.0 Å². The fourth-order valence-electron chi connectivity index (χ4n) is 2.11. The monoisotopic (exact) mass is 309 g/mol. The van der Waals surface area contributed by atoms with Gasteiger partial charge >= 0.3 is 0 Å². The summed E-state index contributed by atoms with van der Waals surface area (Å²) in [5.74, 6) is 0.555. The molecular formula is C17H12ClN3O. The molecule has 0 saturated carbocycles. The zero-order valence-corrected chi connectivity index (χ0v) is 12.3. The smallest absolute Gasteiger partial charge is 0.169 e. The molecule has 0 saturated heterocycles. The summed E-state index contributed by atoms with van der Waals surface area (Å²) in [6, 6.07) is 14.6. The molecule has 0 spiro atoms. The Labute approximate surface area is 132 Å². The summed E-state index contributed by atoms with van der Waals surface area (Å²) in [6.45, 7) is 0. The highest BCUT2D eigenvalue weighted by atomic mass is 35.5. The molecule has 0 amide bonds. The van der Waals surface area contributed by atoms with Crippen molar-refractivity contribution in [3.05, 3.63) is 64.7 Å². The van der Waals surface area contributed by atoms with E-state index in [2.05, 4.69) is 5.16 Å². The molecule has 3 aromatic rings. The second-order valence-corrected chi connectivity index (χ2v) is 5.13. The maximum absolute atomic E-state index is 7.32. The number of hydrogen-bond acceptors (Lipinski definition) is 4. The second kappa shape index (κ2) is 5.95. The Bertz CT molecular complexity index is 837. The van der Waals surface area contributed by atoms with E-state index >= 15 is 0 Å². The number of nitrogens with one attached hydrogen (secondary N) is 2. The largest absolute Gasteiger partial charge is 0.356 e. The van der Waals surface area contributed by atoms with Gasteiger partial charge in [-0.25, -0.2) is 0 Å². The van der Waals surface area contributed by atoms with Crippen LogP contribution >= 0.6 is 11.6 Å². The molecule has 1 aromatic heterocycles. The summed E-state index contributed by atoms with van der Waals surface area (Å²) in [6.07, 6.45) is 2.55. The Morgan fingerprint density at radius 3 is 2.27 bits per heavy atom. The number of nitrogens with zero attached hydrogens (tertiary/aromatic N) is 1. The molecular weight excluding hydrogens is 298 g/mol. The first-order chi connectivity index (χ1) is 10.7. The van der Waals surface area contributed by atoms with E-state index in [1.54, 1.807) is 18.2 Å². The van der Waals surface area contributed by atoms with E-state index in [1.807, 2.05) is 30.3 Å². The molecule has 22 heavy (non-hydrogen) atoms. The Kier molecular flexibility index (Phi) is 3.85. The van der Waals surface area contributed by atoms with Gasteiger partial charge < -0.3 is 15.3 Å². The van der Waals surface area contributed by atoms with Gasteiger partial charge in [-0.2, -0.15) is 0 Å². The summed E-state index contributed by atoms with van der Waals surface area (Å²) in [4.78, 5) is 0. The van der Waals surface area contributed by atoms with Gasteiger partial charge in [0.15, 0.2) is 5.76 Å². The van der Waals surface area contributed by atoms with Gasteiger partial charge in [0.1, 0.15) is 5.69 Å². The van der Waals surface area contributed by atoms with E-state index in [9.17, 15) is 0 Å². The van der Waals surface area contributed by atoms with Gasteiger partial charge in [0.05, 0.1) is 5.02 Å². The van der Waals surface area contributed by atoms with Gasteiger partial charge in [-0.15, -0.1) is 0 Å². The molecule has 0 unspecified atom stereocenters. The summed E-state index contributed by atoms with van der Waals surface area (Å²) < 4.78 is 5.39. The second-order valence-electron chi connectivity index (χ2n) is 4.73. The number of rotatable bonds is 4. The Morgan fingerprint density at radius 1 is 0.909 bits per heavy atom. The van der Waals surface area contributed by atoms with Crippen LogP contribution in [0.4, 0.5) is 0 Å². The van der Waals surface area contributed by atoms with E-state index in [4.69, 9.17) is 26.9 Å². The summed E-state index contributed by atoms with van der Waals surface area (Å²) in [5.41, 5.74) is 3.88. The lowest BCUT2D eigenvalue weighted by Gasteiger charge is -2.00. The number of aromatic nitrogens is 1. The van der Waals surface area contributed by atoms with Crippen molar-refractivity contribution < 1.29 is 4.52 Å². The van der Waals surface area contributed by atoms with Crippen LogP contribution in [0.2, 0.25) is 5.02 Å². The zero-order valence-electron chi connectivity index (χ0n) is 11.5. The molecule has 0 aliphatic heterocycles. The summed E-state index contributed by atoms with van der Waals surface area (Å²) in [5, 5.41) is 19.1. The topological polar surface area (TPSA) is 73.7 Å². The van der Waals surface area contributed by atoms with Crippen LogP contribution in [0.5, 0.6) is 0 Å². The summed E-state index contributed by atoms with van der Waals surface area (Å²) in [7, 11) is 0. The average Bonchev–Trinajstić information content (AvgIpc) is 3.05. The van der Waals surface area contributed by atoms with Gasteiger partial charge in [0, 0.05) is 29.6 Å². The van der Waals surface area contributed by atoms with Gasteiger partial charge in [-0.05, 0) is 23.3 Å². The SMILES string of the molecule is N=Cc1ccc(-c2cc(-c3cc(C=N)ccc3Cl)on2)cc1. The molecule has 5 heteroatoms. The molecule has 0 atom stereocenters. The molecule has 0 fully saturated rings. The van der Waals surface area contributed by atoms with Crippen LogP contribution in [0.15, 0.2) is 53.1 Å². The molecule has 3 rings (SSSR count). The van der Waals surface area contributed by atoms with Crippen LogP contribution in [-0.4, -0.2) is 17.6 Å². The van der Waals surface area contributed by atoms with Gasteiger partial charge in [-0.3, -0.25) is 0 Å². The standard InChI is InChI=1S/C17H12ClN3O/c18-15-6-3-12(10-20)7-14(15)17-8-16(21-22-17)13-4-1-11(9-19)2-5-13/h1-10,19-20H. The highest BCUT2D eigenvalue weighted by Crippen LogP contribution is 2.31. The average molecular weight is 310 g/mol. The maximum atomic E-state index is 7.32. The van der Waals surface area contributed by atoms with Crippen molar-refractivity contribution in [3.63, 3.8) is 0 Å². The highest BCUT2D eigenvalue weighted by Gasteiger charge is 2.12. The quantitative estimate of drug-likeness (QED) is 0.688. The van der Waals surface area contributed by atoms with Crippen molar-refractivity contribution >= 4 is 24.0 Å². The Hall–Kier alpha value is -2.72. The minimum absolute atomic E-state index is 0.549. The normalized spacial score (nSPS) is 10.4. The highest BCUT2D eigenvalue weighted by molar-refractivity contribution is 6.33. The molecule has 0 radical (unpaired) electrons. The number of benzene rings is 2. The minimum atomic E-state index is 0.549. The molecule has 1 heterocycles. The van der Waals surface area contributed by atoms with E-state index in [-0.39, 0.29) is 0 Å². The van der Waals surface area contributed by atoms with Crippen molar-refractivity contribution in [1.82, 2.24) is 5.16 Å².